The van der Waals surface area contributed by atoms with Crippen LogP contribution in [0.1, 0.15) is 28.8 Å². The first kappa shape index (κ1) is 13.8. The fraction of sp³-hybridized carbons (Fsp3) is 0.333. The lowest BCUT2D eigenvalue weighted by atomic mass is 10.0. The lowest BCUT2D eigenvalue weighted by Gasteiger charge is -2.14. The van der Waals surface area contributed by atoms with E-state index in [1.165, 1.54) is 6.07 Å². The molecule has 0 unspecified atom stereocenters. The van der Waals surface area contributed by atoms with Gasteiger partial charge in [-0.2, -0.15) is 18.4 Å². The smallest absolute Gasteiger partial charge is 0.258 e. The molecule has 2 nitrogen and oxygen atoms in total. The number of halogens is 6. The third kappa shape index (κ3) is 2.72. The summed E-state index contributed by atoms with van der Waals surface area (Å²) in [5.41, 5.74) is -3.76. The Morgan fingerprint density at radius 1 is 1.41 bits per heavy atom. The van der Waals surface area contributed by atoms with Crippen molar-refractivity contribution in [2.75, 3.05) is 0 Å². The quantitative estimate of drug-likeness (QED) is 0.615. The molecule has 0 bridgehead atoms. The number of aromatic nitrogens is 1. The molecule has 0 radical (unpaired) electrons. The van der Waals surface area contributed by atoms with Crippen LogP contribution in [0.25, 0.3) is 0 Å². The largest absolute Gasteiger partial charge is 0.418 e. The predicted octanol–water partition coefficient (Wildman–Crippen LogP) is 3.80. The highest BCUT2D eigenvalue weighted by Gasteiger charge is 2.38. The van der Waals surface area contributed by atoms with Gasteiger partial charge in [-0.1, -0.05) is 15.9 Å². The molecule has 0 atom stereocenters. The van der Waals surface area contributed by atoms with Gasteiger partial charge in [-0.25, -0.2) is 8.78 Å². The Hall–Kier alpha value is -1.23. The molecule has 17 heavy (non-hydrogen) atoms. The highest BCUT2D eigenvalue weighted by Crippen LogP contribution is 2.38. The minimum atomic E-state index is -4.96. The van der Waals surface area contributed by atoms with E-state index in [0.29, 0.717) is 6.20 Å². The maximum atomic E-state index is 12.6. The van der Waals surface area contributed by atoms with E-state index >= 15 is 0 Å². The Morgan fingerprint density at radius 3 is 2.35 bits per heavy atom. The molecule has 1 rings (SSSR count). The minimum absolute atomic E-state index is 0.0756. The van der Waals surface area contributed by atoms with Crippen LogP contribution in [0, 0.1) is 11.3 Å². The molecule has 1 aromatic rings. The second kappa shape index (κ2) is 4.96. The van der Waals surface area contributed by atoms with Gasteiger partial charge in [0.15, 0.2) is 0 Å². The summed E-state index contributed by atoms with van der Waals surface area (Å²) in [5.74, 6) is 0. The van der Waals surface area contributed by atoms with E-state index in [1.807, 2.05) is 0 Å². The van der Waals surface area contributed by atoms with Gasteiger partial charge in [0, 0.05) is 11.5 Å². The molecule has 0 saturated heterocycles. The molecular formula is C9H4BrF5N2. The van der Waals surface area contributed by atoms with Crippen LogP contribution in [0.2, 0.25) is 0 Å². The third-order valence-electron chi connectivity index (χ3n) is 1.96. The zero-order valence-corrected chi connectivity index (χ0v) is 9.61. The van der Waals surface area contributed by atoms with Crippen molar-refractivity contribution < 1.29 is 22.0 Å². The molecule has 0 saturated carbocycles. The first-order valence-electron chi connectivity index (χ1n) is 4.16. The van der Waals surface area contributed by atoms with Crippen molar-refractivity contribution in [3.8, 4) is 6.07 Å². The van der Waals surface area contributed by atoms with Crippen LogP contribution in [-0.2, 0) is 11.5 Å². The molecule has 0 spiro atoms. The average Bonchev–Trinajstić information content (AvgIpc) is 2.25. The predicted molar refractivity (Wildman–Crippen MR) is 51.5 cm³/mol. The standard InChI is InChI=1S/C9H4BrF5N2/c10-1-6-4(2-16)7(8(11)12)5(3-17-6)9(13,14)15/h3,8H,1H2. The third-order valence-corrected chi connectivity index (χ3v) is 2.49. The first-order valence-corrected chi connectivity index (χ1v) is 5.28. The van der Waals surface area contributed by atoms with Gasteiger partial charge in [0.1, 0.15) is 6.07 Å². The minimum Gasteiger partial charge on any atom is -0.258 e. The lowest BCUT2D eigenvalue weighted by molar-refractivity contribution is -0.139. The average molecular weight is 315 g/mol. The van der Waals surface area contributed by atoms with Gasteiger partial charge in [-0.3, -0.25) is 4.98 Å². The number of rotatable bonds is 2. The van der Waals surface area contributed by atoms with Crippen LogP contribution in [0.4, 0.5) is 22.0 Å². The number of hydrogen-bond donors (Lipinski definition) is 0. The van der Waals surface area contributed by atoms with Crippen LogP contribution in [0.3, 0.4) is 0 Å². The van der Waals surface area contributed by atoms with E-state index in [2.05, 4.69) is 20.9 Å². The molecule has 1 aromatic heterocycles. The Morgan fingerprint density at radius 2 is 2.00 bits per heavy atom. The molecule has 8 heteroatoms. The SMILES string of the molecule is N#Cc1c(CBr)ncc(C(F)(F)F)c1C(F)F. The van der Waals surface area contributed by atoms with Crippen molar-refractivity contribution in [3.05, 3.63) is 28.6 Å². The molecule has 0 aliphatic rings. The van der Waals surface area contributed by atoms with Gasteiger partial charge in [0.25, 0.3) is 6.43 Å². The molecule has 92 valence electrons. The van der Waals surface area contributed by atoms with Crippen LogP contribution in [0.15, 0.2) is 6.20 Å². The summed E-state index contributed by atoms with van der Waals surface area (Å²) in [6, 6.07) is 1.34. The normalized spacial score (nSPS) is 11.6. The summed E-state index contributed by atoms with van der Waals surface area (Å²) in [7, 11) is 0. The van der Waals surface area contributed by atoms with Crippen LogP contribution < -0.4 is 0 Å². The monoisotopic (exact) mass is 314 g/mol. The molecule has 0 N–H and O–H groups in total. The van der Waals surface area contributed by atoms with E-state index in [9.17, 15) is 22.0 Å². The van der Waals surface area contributed by atoms with Crippen molar-refractivity contribution in [1.82, 2.24) is 4.98 Å². The number of nitriles is 1. The van der Waals surface area contributed by atoms with Crippen molar-refractivity contribution in [3.63, 3.8) is 0 Å². The molecule has 0 amide bonds. The topological polar surface area (TPSA) is 36.7 Å². The second-order valence-corrected chi connectivity index (χ2v) is 3.51. The lowest BCUT2D eigenvalue weighted by Crippen LogP contribution is -2.13. The zero-order valence-electron chi connectivity index (χ0n) is 8.02. The van der Waals surface area contributed by atoms with E-state index in [4.69, 9.17) is 5.26 Å². The summed E-state index contributed by atoms with van der Waals surface area (Å²) in [4.78, 5) is 3.35. The van der Waals surface area contributed by atoms with E-state index < -0.39 is 29.3 Å². The van der Waals surface area contributed by atoms with Gasteiger partial charge in [-0.05, 0) is 0 Å². The molecular weight excluding hydrogens is 311 g/mol. The molecule has 0 aromatic carbocycles. The molecule has 1 heterocycles. The van der Waals surface area contributed by atoms with Crippen LogP contribution in [-0.4, -0.2) is 4.98 Å². The number of hydrogen-bond acceptors (Lipinski definition) is 2. The number of pyridine rings is 1. The Kier molecular flexibility index (Phi) is 4.03. The fourth-order valence-corrected chi connectivity index (χ4v) is 1.67. The van der Waals surface area contributed by atoms with Crippen LogP contribution in [0.5, 0.6) is 0 Å². The summed E-state index contributed by atoms with van der Waals surface area (Å²) >= 11 is 2.87. The second-order valence-electron chi connectivity index (χ2n) is 2.95. The highest BCUT2D eigenvalue weighted by molar-refractivity contribution is 9.08. The summed E-state index contributed by atoms with van der Waals surface area (Å²) in [6.45, 7) is 0. The van der Waals surface area contributed by atoms with Crippen molar-refractivity contribution in [2.24, 2.45) is 0 Å². The van der Waals surface area contributed by atoms with Gasteiger partial charge in [0.05, 0.1) is 22.4 Å². The summed E-state index contributed by atoms with van der Waals surface area (Å²) < 4.78 is 62.7. The Bertz CT molecular complexity index is 464. The van der Waals surface area contributed by atoms with Crippen LogP contribution >= 0.6 is 15.9 Å². The number of nitrogens with zero attached hydrogens (tertiary/aromatic N) is 2. The first-order chi connectivity index (χ1) is 7.82. The maximum absolute atomic E-state index is 12.6. The van der Waals surface area contributed by atoms with Crippen molar-refractivity contribution >= 4 is 15.9 Å². The Balaban J connectivity index is 3.61. The molecule has 0 aliphatic carbocycles. The van der Waals surface area contributed by atoms with E-state index in [0.717, 1.165) is 0 Å². The summed E-state index contributed by atoms with van der Waals surface area (Å²) in [6.07, 6.45) is -8.03. The van der Waals surface area contributed by atoms with Gasteiger partial charge in [0.2, 0.25) is 0 Å². The highest BCUT2D eigenvalue weighted by atomic mass is 79.9. The van der Waals surface area contributed by atoms with E-state index in [1.54, 1.807) is 0 Å². The fourth-order valence-electron chi connectivity index (χ4n) is 1.25. The van der Waals surface area contributed by atoms with Crippen molar-refractivity contribution in [1.29, 1.82) is 5.26 Å². The van der Waals surface area contributed by atoms with Gasteiger partial charge in [-0.15, -0.1) is 0 Å². The van der Waals surface area contributed by atoms with Gasteiger partial charge >= 0.3 is 6.18 Å². The Labute approximate surface area is 101 Å². The molecule has 0 aliphatic heterocycles. The van der Waals surface area contributed by atoms with Gasteiger partial charge < -0.3 is 0 Å². The summed E-state index contributed by atoms with van der Waals surface area (Å²) in [5, 5.41) is 8.58. The molecule has 0 fully saturated rings. The van der Waals surface area contributed by atoms with Crippen molar-refractivity contribution in [2.45, 2.75) is 17.9 Å². The zero-order chi connectivity index (χ0) is 13.2. The maximum Gasteiger partial charge on any atom is 0.418 e. The number of alkyl halides is 6. The van der Waals surface area contributed by atoms with E-state index in [-0.39, 0.29) is 11.0 Å².